The third-order valence-corrected chi connectivity index (χ3v) is 3.60. The Hall–Kier alpha value is 0.200. The second-order valence-electron chi connectivity index (χ2n) is 4.77. The van der Waals surface area contributed by atoms with Gasteiger partial charge in [0.1, 0.15) is 0 Å². The Morgan fingerprint density at radius 3 is 2.53 bits per heavy atom. The molecule has 0 fully saturated rings. The number of ether oxygens (including phenoxy) is 1. The molecule has 0 aliphatic heterocycles. The highest BCUT2D eigenvalue weighted by atomic mass is 127. The van der Waals surface area contributed by atoms with E-state index in [9.17, 15) is 0 Å². The normalized spacial score (nSPS) is 14.9. The van der Waals surface area contributed by atoms with Crippen molar-refractivity contribution in [2.75, 3.05) is 4.43 Å². The van der Waals surface area contributed by atoms with Crippen molar-refractivity contribution in [3.63, 3.8) is 0 Å². The summed E-state index contributed by atoms with van der Waals surface area (Å²) >= 11 is 8.37. The van der Waals surface area contributed by atoms with E-state index in [-0.39, 0.29) is 12.2 Å². The Kier molecular flexibility index (Phi) is 6.82. The molecule has 0 radical (unpaired) electrons. The van der Waals surface area contributed by atoms with Gasteiger partial charge in [0.05, 0.1) is 12.2 Å². The smallest absolute Gasteiger partial charge is 0.0918 e. The van der Waals surface area contributed by atoms with Gasteiger partial charge in [0.15, 0.2) is 0 Å². The Bertz CT molecular complexity index is 341. The summed E-state index contributed by atoms with van der Waals surface area (Å²) in [7, 11) is 0. The van der Waals surface area contributed by atoms with Crippen LogP contribution in [0.15, 0.2) is 24.3 Å². The fraction of sp³-hybridized carbons (Fsp3) is 0.571. The van der Waals surface area contributed by atoms with Gasteiger partial charge in [-0.25, -0.2) is 0 Å². The third-order valence-electron chi connectivity index (χ3n) is 2.56. The molecule has 0 saturated heterocycles. The quantitative estimate of drug-likeness (QED) is 0.492. The van der Waals surface area contributed by atoms with Crippen LogP contribution in [0.3, 0.4) is 0 Å². The number of halogens is 2. The summed E-state index contributed by atoms with van der Waals surface area (Å²) in [5, 5.41) is 0.775. The molecule has 2 unspecified atom stereocenters. The first kappa shape index (κ1) is 15.3. The molecule has 0 aliphatic rings. The number of alkyl halides is 1. The van der Waals surface area contributed by atoms with Crippen LogP contribution in [0.5, 0.6) is 0 Å². The first-order valence-electron chi connectivity index (χ1n) is 5.99. The molecule has 0 bridgehead atoms. The van der Waals surface area contributed by atoms with E-state index in [1.807, 2.05) is 18.2 Å². The van der Waals surface area contributed by atoms with E-state index in [0.717, 1.165) is 15.9 Å². The summed E-state index contributed by atoms with van der Waals surface area (Å²) in [6, 6.07) is 7.95. The number of hydrogen-bond donors (Lipinski definition) is 0. The van der Waals surface area contributed by atoms with Crippen LogP contribution in [0.25, 0.3) is 0 Å². The van der Waals surface area contributed by atoms with Crippen LogP contribution in [0, 0.1) is 5.92 Å². The predicted molar refractivity (Wildman–Crippen MR) is 83.1 cm³/mol. The van der Waals surface area contributed by atoms with Crippen LogP contribution in [0.4, 0.5) is 0 Å². The van der Waals surface area contributed by atoms with Crippen molar-refractivity contribution in [2.45, 2.75) is 39.4 Å². The average molecular weight is 367 g/mol. The van der Waals surface area contributed by atoms with Crippen LogP contribution >= 0.6 is 34.2 Å². The zero-order chi connectivity index (χ0) is 12.8. The van der Waals surface area contributed by atoms with Gasteiger partial charge in [0.2, 0.25) is 0 Å². The zero-order valence-corrected chi connectivity index (χ0v) is 13.5. The number of rotatable bonds is 6. The lowest BCUT2D eigenvalue weighted by molar-refractivity contribution is 0.000877. The van der Waals surface area contributed by atoms with Gasteiger partial charge >= 0.3 is 0 Å². The molecule has 96 valence electrons. The summed E-state index contributed by atoms with van der Waals surface area (Å²) in [4.78, 5) is 0. The summed E-state index contributed by atoms with van der Waals surface area (Å²) < 4.78 is 7.03. The molecule has 0 heterocycles. The van der Waals surface area contributed by atoms with E-state index in [4.69, 9.17) is 16.3 Å². The van der Waals surface area contributed by atoms with E-state index < -0.39 is 0 Å². The number of hydrogen-bond acceptors (Lipinski definition) is 1. The van der Waals surface area contributed by atoms with Crippen molar-refractivity contribution in [1.29, 1.82) is 0 Å². The first-order valence-corrected chi connectivity index (χ1v) is 7.90. The average Bonchev–Trinajstić information content (AvgIpc) is 2.24. The highest BCUT2D eigenvalue weighted by Gasteiger charge is 2.15. The van der Waals surface area contributed by atoms with Gasteiger partial charge in [-0.2, -0.15) is 0 Å². The first-order chi connectivity index (χ1) is 8.02. The van der Waals surface area contributed by atoms with Gasteiger partial charge < -0.3 is 4.74 Å². The number of benzene rings is 1. The van der Waals surface area contributed by atoms with Gasteiger partial charge in [-0.3, -0.25) is 0 Å². The minimum Gasteiger partial charge on any atom is -0.370 e. The lowest BCUT2D eigenvalue weighted by Crippen LogP contribution is -2.16. The lowest BCUT2D eigenvalue weighted by atomic mass is 10.1. The van der Waals surface area contributed by atoms with Gasteiger partial charge in [0, 0.05) is 9.45 Å². The van der Waals surface area contributed by atoms with Crippen molar-refractivity contribution >= 4 is 34.2 Å². The van der Waals surface area contributed by atoms with Crippen LogP contribution in [0.2, 0.25) is 5.02 Å². The molecule has 0 spiro atoms. The van der Waals surface area contributed by atoms with E-state index >= 15 is 0 Å². The topological polar surface area (TPSA) is 9.23 Å². The van der Waals surface area contributed by atoms with Crippen molar-refractivity contribution in [2.24, 2.45) is 5.92 Å². The Morgan fingerprint density at radius 1 is 1.29 bits per heavy atom. The minimum absolute atomic E-state index is 0.142. The summed E-state index contributed by atoms with van der Waals surface area (Å²) in [5.74, 6) is 0.666. The summed E-state index contributed by atoms with van der Waals surface area (Å²) in [6.45, 7) is 6.58. The highest BCUT2D eigenvalue weighted by molar-refractivity contribution is 14.1. The maximum Gasteiger partial charge on any atom is 0.0918 e. The molecule has 1 aromatic rings. The van der Waals surface area contributed by atoms with Crippen molar-refractivity contribution in [1.82, 2.24) is 0 Å². The largest absolute Gasteiger partial charge is 0.370 e. The minimum atomic E-state index is 0.142. The van der Waals surface area contributed by atoms with E-state index in [1.54, 1.807) is 0 Å². The molecule has 0 aromatic heterocycles. The van der Waals surface area contributed by atoms with Crippen LogP contribution in [-0.4, -0.2) is 10.5 Å². The molecule has 1 nitrogen and oxygen atoms in total. The third kappa shape index (κ3) is 5.58. The molecule has 0 N–H and O–H groups in total. The molecule has 3 heteroatoms. The van der Waals surface area contributed by atoms with E-state index in [0.29, 0.717) is 5.92 Å². The van der Waals surface area contributed by atoms with Crippen molar-refractivity contribution in [3.8, 4) is 0 Å². The molecular formula is C14H20ClIO. The fourth-order valence-corrected chi connectivity index (χ4v) is 2.83. The fourth-order valence-electron chi connectivity index (χ4n) is 1.91. The lowest BCUT2D eigenvalue weighted by Gasteiger charge is -2.22. The Labute approximate surface area is 123 Å². The molecule has 17 heavy (non-hydrogen) atoms. The van der Waals surface area contributed by atoms with Crippen LogP contribution < -0.4 is 0 Å². The Balaban J connectivity index is 2.65. The van der Waals surface area contributed by atoms with Crippen molar-refractivity contribution < 1.29 is 4.74 Å². The standard InChI is InChI=1S/C14H20ClIO/c1-10(2)7-11(3)17-14(9-16)12-5-4-6-13(15)8-12/h4-6,8,10-11,14H,7,9H2,1-3H3. The summed E-state index contributed by atoms with van der Waals surface area (Å²) in [5.41, 5.74) is 1.17. The maximum absolute atomic E-state index is 6.09. The summed E-state index contributed by atoms with van der Waals surface area (Å²) in [6.07, 6.45) is 1.52. The van der Waals surface area contributed by atoms with E-state index in [2.05, 4.69) is 49.4 Å². The van der Waals surface area contributed by atoms with Gasteiger partial charge in [-0.15, -0.1) is 0 Å². The second kappa shape index (κ2) is 7.59. The molecule has 0 amide bonds. The van der Waals surface area contributed by atoms with Gasteiger partial charge in [0.25, 0.3) is 0 Å². The maximum atomic E-state index is 6.09. The highest BCUT2D eigenvalue weighted by Crippen LogP contribution is 2.25. The SMILES string of the molecule is CC(C)CC(C)OC(CI)c1cccc(Cl)c1. The monoisotopic (exact) mass is 366 g/mol. The Morgan fingerprint density at radius 2 is 2.00 bits per heavy atom. The van der Waals surface area contributed by atoms with Crippen molar-refractivity contribution in [3.05, 3.63) is 34.9 Å². The van der Waals surface area contributed by atoms with Crippen LogP contribution in [0.1, 0.15) is 38.9 Å². The second-order valence-corrected chi connectivity index (χ2v) is 6.09. The molecule has 1 rings (SSSR count). The zero-order valence-electron chi connectivity index (χ0n) is 10.6. The van der Waals surface area contributed by atoms with Gasteiger partial charge in [-0.05, 0) is 37.0 Å². The molecule has 1 aromatic carbocycles. The van der Waals surface area contributed by atoms with Gasteiger partial charge in [-0.1, -0.05) is 60.2 Å². The van der Waals surface area contributed by atoms with Crippen LogP contribution in [-0.2, 0) is 4.74 Å². The molecule has 0 aliphatic carbocycles. The molecule has 0 saturated carbocycles. The molecule has 2 atom stereocenters. The predicted octanol–water partition coefficient (Wildman–Crippen LogP) is 5.27. The van der Waals surface area contributed by atoms with E-state index in [1.165, 1.54) is 5.56 Å². The molecular weight excluding hydrogens is 347 g/mol.